The van der Waals surface area contributed by atoms with E-state index in [9.17, 15) is 27.6 Å². The Kier molecular flexibility index (Phi) is 6.12. The topological polar surface area (TPSA) is 97.5 Å². The molecule has 7 nitrogen and oxygen atoms in total. The van der Waals surface area contributed by atoms with Gasteiger partial charge in [0.2, 0.25) is 0 Å². The highest BCUT2D eigenvalue weighted by Crippen LogP contribution is 2.22. The van der Waals surface area contributed by atoms with E-state index in [1.165, 1.54) is 21.0 Å². The fourth-order valence-electron chi connectivity index (χ4n) is 2.49. The molecule has 2 aromatic rings. The number of carbonyl (C=O) groups excluding carboxylic acids is 3. The molecule has 0 aliphatic heterocycles. The second kappa shape index (κ2) is 8.15. The van der Waals surface area contributed by atoms with Crippen LogP contribution in [0, 0.1) is 31.3 Å². The van der Waals surface area contributed by atoms with E-state index in [1.54, 1.807) is 6.92 Å². The summed E-state index contributed by atoms with van der Waals surface area (Å²) in [5.74, 6) is -7.28. The molecule has 28 heavy (non-hydrogen) atoms. The van der Waals surface area contributed by atoms with E-state index in [0.29, 0.717) is 11.8 Å². The van der Waals surface area contributed by atoms with Gasteiger partial charge in [-0.1, -0.05) is 0 Å². The summed E-state index contributed by atoms with van der Waals surface area (Å²) in [7, 11) is 1.19. The molecular weight excluding hydrogens is 381 g/mol. The third kappa shape index (κ3) is 4.00. The summed E-state index contributed by atoms with van der Waals surface area (Å²) in [6.45, 7) is 4.25. The van der Waals surface area contributed by atoms with Crippen LogP contribution in [-0.4, -0.2) is 36.0 Å². The number of carbonyl (C=O) groups is 3. The van der Waals surface area contributed by atoms with Crippen LogP contribution in [0.5, 0.6) is 0 Å². The van der Waals surface area contributed by atoms with E-state index in [-0.39, 0.29) is 16.8 Å². The summed E-state index contributed by atoms with van der Waals surface area (Å²) in [4.78, 5) is 38.8. The highest BCUT2D eigenvalue weighted by Gasteiger charge is 2.27. The van der Waals surface area contributed by atoms with Crippen molar-refractivity contribution >= 4 is 23.5 Å². The number of nitrogens with one attached hydrogen (secondary N) is 2. The van der Waals surface area contributed by atoms with Gasteiger partial charge in [-0.25, -0.2) is 22.8 Å². The normalized spacial score (nSPS) is 11.7. The molecule has 10 heteroatoms. The Morgan fingerprint density at radius 3 is 2.32 bits per heavy atom. The van der Waals surface area contributed by atoms with Gasteiger partial charge in [0.1, 0.15) is 5.69 Å². The number of aromatic nitrogens is 1. The SMILES string of the molecule is COC(=O)c1c(C)[nH]c(C(=O)O[C@@H](C)C(=O)Nc2ccc(F)c(F)c2F)c1C. The van der Waals surface area contributed by atoms with E-state index in [4.69, 9.17) is 4.74 Å². The van der Waals surface area contributed by atoms with Gasteiger partial charge in [-0.05, 0) is 38.5 Å². The van der Waals surface area contributed by atoms with Crippen LogP contribution in [0.1, 0.15) is 39.0 Å². The summed E-state index contributed by atoms with van der Waals surface area (Å²) >= 11 is 0. The van der Waals surface area contributed by atoms with Crippen molar-refractivity contribution in [2.24, 2.45) is 0 Å². The Labute approximate surface area is 157 Å². The van der Waals surface area contributed by atoms with Crippen LogP contribution in [0.15, 0.2) is 12.1 Å². The van der Waals surface area contributed by atoms with Crippen molar-refractivity contribution in [2.45, 2.75) is 26.9 Å². The fourth-order valence-corrected chi connectivity index (χ4v) is 2.49. The van der Waals surface area contributed by atoms with E-state index in [0.717, 1.165) is 6.07 Å². The predicted molar refractivity (Wildman–Crippen MR) is 91.4 cm³/mol. The van der Waals surface area contributed by atoms with Crippen LogP contribution in [0.2, 0.25) is 0 Å². The average molecular weight is 398 g/mol. The van der Waals surface area contributed by atoms with Crippen molar-refractivity contribution in [3.63, 3.8) is 0 Å². The second-order valence-electron chi connectivity index (χ2n) is 5.88. The molecule has 1 atom stereocenters. The van der Waals surface area contributed by atoms with Gasteiger partial charge in [0.05, 0.1) is 18.4 Å². The van der Waals surface area contributed by atoms with E-state index in [2.05, 4.69) is 9.72 Å². The smallest absolute Gasteiger partial charge is 0.355 e. The number of H-pyrrole nitrogens is 1. The molecule has 2 rings (SSSR count). The number of halogens is 3. The monoisotopic (exact) mass is 398 g/mol. The maximum Gasteiger partial charge on any atom is 0.355 e. The summed E-state index contributed by atoms with van der Waals surface area (Å²) in [5, 5.41) is 2.01. The van der Waals surface area contributed by atoms with E-state index >= 15 is 0 Å². The van der Waals surface area contributed by atoms with Crippen molar-refractivity contribution in [3.8, 4) is 0 Å². The molecule has 0 aliphatic rings. The van der Waals surface area contributed by atoms with E-state index < -0.39 is 47.1 Å². The molecule has 0 saturated heterocycles. The fraction of sp³-hybridized carbons (Fsp3) is 0.278. The molecule has 1 aromatic carbocycles. The first kappa shape index (κ1) is 21.0. The zero-order chi connectivity index (χ0) is 21.2. The first-order chi connectivity index (χ1) is 13.1. The molecule has 0 spiro atoms. The molecule has 1 amide bonds. The molecular formula is C18H17F3N2O5. The largest absolute Gasteiger partial charge is 0.465 e. The lowest BCUT2D eigenvalue weighted by Gasteiger charge is -2.14. The standard InChI is InChI=1S/C18H17F3N2O5/c1-7-12(17(25)27-4)8(2)22-15(7)18(26)28-9(3)16(24)23-11-6-5-10(19)13(20)14(11)21/h5-6,9,22H,1-4H3,(H,23,24)/t9-/m0/s1. The summed E-state index contributed by atoms with van der Waals surface area (Å²) in [6.07, 6.45) is -1.40. The van der Waals surface area contributed by atoms with Crippen molar-refractivity contribution in [1.82, 2.24) is 4.98 Å². The number of aromatic amines is 1. The molecule has 0 radical (unpaired) electrons. The molecule has 0 bridgehead atoms. The van der Waals surface area contributed by atoms with Crippen LogP contribution in [0.3, 0.4) is 0 Å². The summed E-state index contributed by atoms with van der Waals surface area (Å²) in [6, 6.07) is 1.48. The first-order valence-corrected chi connectivity index (χ1v) is 8.01. The lowest BCUT2D eigenvalue weighted by atomic mass is 10.1. The van der Waals surface area contributed by atoms with Gasteiger partial charge >= 0.3 is 11.9 Å². The average Bonchev–Trinajstić information content (AvgIpc) is 2.95. The molecule has 0 fully saturated rings. The third-order valence-electron chi connectivity index (χ3n) is 3.98. The summed E-state index contributed by atoms with van der Waals surface area (Å²) < 4.78 is 49.4. The van der Waals surface area contributed by atoms with Crippen molar-refractivity contribution in [3.05, 3.63) is 52.1 Å². The van der Waals surface area contributed by atoms with Crippen LogP contribution in [0.25, 0.3) is 0 Å². The van der Waals surface area contributed by atoms with Crippen LogP contribution < -0.4 is 5.32 Å². The number of amides is 1. The van der Waals surface area contributed by atoms with Gasteiger partial charge in [0.25, 0.3) is 5.91 Å². The number of hydrogen-bond donors (Lipinski definition) is 2. The number of benzene rings is 1. The van der Waals surface area contributed by atoms with Gasteiger partial charge in [-0.3, -0.25) is 4.79 Å². The lowest BCUT2D eigenvalue weighted by Crippen LogP contribution is -2.30. The van der Waals surface area contributed by atoms with Gasteiger partial charge in [0.15, 0.2) is 23.6 Å². The quantitative estimate of drug-likeness (QED) is 0.596. The number of methoxy groups -OCH3 is 1. The maximum absolute atomic E-state index is 13.6. The highest BCUT2D eigenvalue weighted by atomic mass is 19.2. The maximum atomic E-state index is 13.6. The minimum absolute atomic E-state index is 0.0587. The number of hydrogen-bond acceptors (Lipinski definition) is 5. The zero-order valence-corrected chi connectivity index (χ0v) is 15.4. The molecule has 1 heterocycles. The molecule has 2 N–H and O–H groups in total. The van der Waals surface area contributed by atoms with Crippen molar-refractivity contribution in [1.29, 1.82) is 0 Å². The Hall–Kier alpha value is -3.30. The number of ether oxygens (including phenoxy) is 2. The van der Waals surface area contributed by atoms with Gasteiger partial charge in [0, 0.05) is 5.69 Å². The zero-order valence-electron chi connectivity index (χ0n) is 15.4. The molecule has 0 saturated carbocycles. The van der Waals surface area contributed by atoms with Crippen molar-refractivity contribution < 1.29 is 37.0 Å². The Morgan fingerprint density at radius 2 is 1.71 bits per heavy atom. The van der Waals surface area contributed by atoms with Gasteiger partial charge < -0.3 is 19.8 Å². The Bertz CT molecular complexity index is 955. The van der Waals surface area contributed by atoms with Gasteiger partial charge in [-0.2, -0.15) is 0 Å². The number of aryl methyl sites for hydroxylation is 1. The number of esters is 2. The Balaban J connectivity index is 2.14. The Morgan fingerprint density at radius 1 is 1.07 bits per heavy atom. The highest BCUT2D eigenvalue weighted by molar-refractivity contribution is 6.00. The summed E-state index contributed by atoms with van der Waals surface area (Å²) in [5.41, 5.74) is 0.143. The molecule has 150 valence electrons. The van der Waals surface area contributed by atoms with Crippen LogP contribution in [-0.2, 0) is 14.3 Å². The molecule has 0 aliphatic carbocycles. The van der Waals surface area contributed by atoms with Gasteiger partial charge in [-0.15, -0.1) is 0 Å². The number of anilines is 1. The second-order valence-corrected chi connectivity index (χ2v) is 5.88. The molecule has 1 aromatic heterocycles. The first-order valence-electron chi connectivity index (χ1n) is 8.01. The predicted octanol–water partition coefficient (Wildman–Crippen LogP) is 3.02. The van der Waals surface area contributed by atoms with Crippen LogP contribution >= 0.6 is 0 Å². The van der Waals surface area contributed by atoms with Crippen LogP contribution in [0.4, 0.5) is 18.9 Å². The third-order valence-corrected chi connectivity index (χ3v) is 3.98. The molecule has 0 unspecified atom stereocenters. The minimum atomic E-state index is -1.74. The number of rotatable bonds is 5. The minimum Gasteiger partial charge on any atom is -0.465 e. The van der Waals surface area contributed by atoms with E-state index in [1.807, 2.05) is 5.32 Å². The van der Waals surface area contributed by atoms with Crippen molar-refractivity contribution in [2.75, 3.05) is 12.4 Å². The lowest BCUT2D eigenvalue weighted by molar-refractivity contribution is -0.123.